The van der Waals surface area contributed by atoms with Crippen molar-refractivity contribution < 1.29 is 9.59 Å². The monoisotopic (exact) mass is 326 g/mol. The Kier molecular flexibility index (Phi) is 5.18. The minimum absolute atomic E-state index is 0.250. The predicted molar refractivity (Wildman–Crippen MR) is 93.7 cm³/mol. The Labute approximate surface area is 141 Å². The first-order chi connectivity index (χ1) is 11.4. The van der Waals surface area contributed by atoms with Gasteiger partial charge < -0.3 is 10.6 Å². The van der Waals surface area contributed by atoms with Crippen molar-refractivity contribution in [1.29, 1.82) is 0 Å². The highest BCUT2D eigenvalue weighted by atomic mass is 16.2. The summed E-state index contributed by atoms with van der Waals surface area (Å²) in [6.45, 7) is 10.6. The minimum Gasteiger partial charge on any atom is -0.366 e. The van der Waals surface area contributed by atoms with Gasteiger partial charge in [0.2, 0.25) is 5.91 Å². The van der Waals surface area contributed by atoms with E-state index in [1.807, 2.05) is 25.5 Å². The molecule has 0 saturated carbocycles. The van der Waals surface area contributed by atoms with E-state index in [-0.39, 0.29) is 5.91 Å². The molecule has 0 radical (unpaired) electrons. The van der Waals surface area contributed by atoms with Crippen LogP contribution in [0.2, 0.25) is 0 Å². The average molecular weight is 326 g/mol. The molecule has 2 rings (SSSR count). The molecule has 0 atom stereocenters. The number of aromatic nitrogens is 2. The Morgan fingerprint density at radius 1 is 1.38 bits per heavy atom. The minimum atomic E-state index is -0.533. The molecule has 2 amide bonds. The second-order valence-corrected chi connectivity index (χ2v) is 5.51. The van der Waals surface area contributed by atoms with Crippen LogP contribution >= 0.6 is 0 Å². The molecule has 0 aliphatic rings. The van der Waals surface area contributed by atoms with Gasteiger partial charge in [0.15, 0.2) is 0 Å². The molecule has 0 saturated heterocycles. The van der Waals surface area contributed by atoms with Gasteiger partial charge >= 0.3 is 0 Å². The van der Waals surface area contributed by atoms with Gasteiger partial charge in [0, 0.05) is 29.1 Å². The van der Waals surface area contributed by atoms with Crippen LogP contribution in [0.5, 0.6) is 0 Å². The van der Waals surface area contributed by atoms with Crippen molar-refractivity contribution in [2.75, 3.05) is 4.90 Å². The highest BCUT2D eigenvalue weighted by Gasteiger charge is 2.19. The van der Waals surface area contributed by atoms with Crippen molar-refractivity contribution in [3.63, 3.8) is 0 Å². The van der Waals surface area contributed by atoms with E-state index in [1.165, 1.54) is 6.08 Å². The fourth-order valence-electron chi connectivity index (χ4n) is 2.66. The van der Waals surface area contributed by atoms with Gasteiger partial charge in [-0.2, -0.15) is 5.10 Å². The lowest BCUT2D eigenvalue weighted by molar-refractivity contribution is -0.114. The smallest absolute Gasteiger partial charge is 0.250 e. The Morgan fingerprint density at radius 3 is 2.62 bits per heavy atom. The van der Waals surface area contributed by atoms with Gasteiger partial charge in [0.05, 0.1) is 12.2 Å². The summed E-state index contributed by atoms with van der Waals surface area (Å²) in [7, 11) is 0. The van der Waals surface area contributed by atoms with Crippen LogP contribution in [0.1, 0.15) is 34.2 Å². The van der Waals surface area contributed by atoms with Crippen LogP contribution in [-0.4, -0.2) is 21.6 Å². The summed E-state index contributed by atoms with van der Waals surface area (Å²) in [4.78, 5) is 25.3. The molecule has 2 N–H and O–H groups in total. The number of aryl methyl sites for hydroxylation is 2. The number of benzene rings is 1. The van der Waals surface area contributed by atoms with Gasteiger partial charge in [-0.15, -0.1) is 0 Å². The molecule has 24 heavy (non-hydrogen) atoms. The molecule has 0 bridgehead atoms. The first-order valence-electron chi connectivity index (χ1n) is 7.75. The quantitative estimate of drug-likeness (QED) is 0.827. The van der Waals surface area contributed by atoms with Gasteiger partial charge in [-0.25, -0.2) is 0 Å². The molecule has 0 aliphatic heterocycles. The van der Waals surface area contributed by atoms with Crippen LogP contribution in [-0.2, 0) is 17.9 Å². The molecule has 0 spiro atoms. The lowest BCUT2D eigenvalue weighted by Gasteiger charge is -2.22. The number of primary amides is 1. The second kappa shape index (κ2) is 7.12. The summed E-state index contributed by atoms with van der Waals surface area (Å²) in [5.41, 5.74) is 9.16. The Balaban J connectivity index is 2.46. The first kappa shape index (κ1) is 17.5. The molecule has 0 unspecified atom stereocenters. The van der Waals surface area contributed by atoms with E-state index in [0.29, 0.717) is 17.8 Å². The summed E-state index contributed by atoms with van der Waals surface area (Å²) < 4.78 is 1.90. The number of anilines is 1. The topological polar surface area (TPSA) is 81.2 Å². The van der Waals surface area contributed by atoms with Crippen LogP contribution in [0, 0.1) is 13.8 Å². The fourth-order valence-corrected chi connectivity index (χ4v) is 2.66. The van der Waals surface area contributed by atoms with Crippen molar-refractivity contribution in [2.45, 2.75) is 33.9 Å². The van der Waals surface area contributed by atoms with Crippen molar-refractivity contribution in [3.05, 3.63) is 59.4 Å². The van der Waals surface area contributed by atoms with Crippen molar-refractivity contribution in [3.8, 4) is 0 Å². The Morgan fingerprint density at radius 2 is 2.08 bits per heavy atom. The maximum atomic E-state index is 12.4. The molecule has 6 nitrogen and oxygen atoms in total. The predicted octanol–water partition coefficient (Wildman–Crippen LogP) is 2.34. The van der Waals surface area contributed by atoms with Gasteiger partial charge in [0.25, 0.3) is 5.91 Å². The van der Waals surface area contributed by atoms with Gasteiger partial charge in [-0.1, -0.05) is 12.6 Å². The largest absolute Gasteiger partial charge is 0.366 e. The third-order valence-electron chi connectivity index (χ3n) is 4.03. The zero-order valence-corrected chi connectivity index (χ0v) is 14.2. The fraction of sp³-hybridized carbons (Fsp3) is 0.278. The van der Waals surface area contributed by atoms with E-state index in [1.54, 1.807) is 29.2 Å². The lowest BCUT2D eigenvalue weighted by Crippen LogP contribution is -2.29. The second-order valence-electron chi connectivity index (χ2n) is 5.51. The number of nitrogens with two attached hydrogens (primary N) is 1. The number of nitrogens with zero attached hydrogens (tertiary/aromatic N) is 3. The highest BCUT2D eigenvalue weighted by molar-refractivity contribution is 6.02. The van der Waals surface area contributed by atoms with E-state index in [0.717, 1.165) is 23.5 Å². The standard InChI is InChI=1S/C18H22N4O2/c1-5-17(23)21(15-9-7-8-14(10-15)18(19)24)11-16-12(3)20-22(6-2)13(16)4/h5,7-10H,1,6,11H2,2-4H3,(H2,19,24). The van der Waals surface area contributed by atoms with Crippen molar-refractivity contribution >= 4 is 17.5 Å². The Bertz CT molecular complexity index is 792. The van der Waals surface area contributed by atoms with Crippen LogP contribution in [0.3, 0.4) is 0 Å². The highest BCUT2D eigenvalue weighted by Crippen LogP contribution is 2.22. The summed E-state index contributed by atoms with van der Waals surface area (Å²) in [6.07, 6.45) is 1.26. The third kappa shape index (κ3) is 3.37. The molecule has 0 fully saturated rings. The van der Waals surface area contributed by atoms with Crippen LogP contribution in [0.15, 0.2) is 36.9 Å². The number of hydrogen-bond acceptors (Lipinski definition) is 3. The SMILES string of the molecule is C=CC(=O)N(Cc1c(C)nn(CC)c1C)c1cccc(C(N)=O)c1. The van der Waals surface area contributed by atoms with Crippen LogP contribution in [0.4, 0.5) is 5.69 Å². The molecule has 6 heteroatoms. The van der Waals surface area contributed by atoms with Gasteiger partial charge in [-0.3, -0.25) is 14.3 Å². The van der Waals surface area contributed by atoms with E-state index in [2.05, 4.69) is 11.7 Å². The molecule has 1 aromatic heterocycles. The zero-order valence-electron chi connectivity index (χ0n) is 14.2. The van der Waals surface area contributed by atoms with Crippen LogP contribution in [0.25, 0.3) is 0 Å². The summed E-state index contributed by atoms with van der Waals surface area (Å²) in [6, 6.07) is 6.70. The van der Waals surface area contributed by atoms with E-state index in [9.17, 15) is 9.59 Å². The maximum Gasteiger partial charge on any atom is 0.250 e. The first-order valence-corrected chi connectivity index (χ1v) is 7.75. The van der Waals surface area contributed by atoms with Gasteiger partial charge in [-0.05, 0) is 45.0 Å². The maximum absolute atomic E-state index is 12.4. The van der Waals surface area contributed by atoms with E-state index >= 15 is 0 Å². The summed E-state index contributed by atoms with van der Waals surface area (Å²) in [5, 5.41) is 4.49. The molecular formula is C18H22N4O2. The number of carbonyl (C=O) groups excluding carboxylic acids is 2. The number of carbonyl (C=O) groups is 2. The van der Waals surface area contributed by atoms with E-state index in [4.69, 9.17) is 5.73 Å². The van der Waals surface area contributed by atoms with Crippen molar-refractivity contribution in [2.24, 2.45) is 5.73 Å². The summed E-state index contributed by atoms with van der Waals surface area (Å²) in [5.74, 6) is -0.784. The molecule has 1 aromatic carbocycles. The number of hydrogen-bond donors (Lipinski definition) is 1. The normalized spacial score (nSPS) is 10.5. The number of amides is 2. The number of rotatable bonds is 6. The third-order valence-corrected chi connectivity index (χ3v) is 4.03. The van der Waals surface area contributed by atoms with Crippen molar-refractivity contribution in [1.82, 2.24) is 9.78 Å². The molecule has 2 aromatic rings. The van der Waals surface area contributed by atoms with Crippen LogP contribution < -0.4 is 10.6 Å². The molecular weight excluding hydrogens is 304 g/mol. The molecule has 0 aliphatic carbocycles. The Hall–Kier alpha value is -2.89. The molecule has 1 heterocycles. The van der Waals surface area contributed by atoms with Gasteiger partial charge in [0.1, 0.15) is 0 Å². The molecule has 126 valence electrons. The van der Waals surface area contributed by atoms with E-state index < -0.39 is 5.91 Å². The lowest BCUT2D eigenvalue weighted by atomic mass is 10.1. The zero-order chi connectivity index (χ0) is 17.9. The average Bonchev–Trinajstić information content (AvgIpc) is 2.85. The summed E-state index contributed by atoms with van der Waals surface area (Å²) >= 11 is 0.